The third-order valence-corrected chi connectivity index (χ3v) is 4.40. The molecule has 132 valence electrons. The number of aliphatic hydroxyl groups is 3. The summed E-state index contributed by atoms with van der Waals surface area (Å²) in [5.41, 5.74) is 4.02. The molecule has 0 radical (unpaired) electrons. The van der Waals surface area contributed by atoms with Crippen LogP contribution in [0.15, 0.2) is 0 Å². The Balaban J connectivity index is 5.09. The SMILES string of the molecule is CCOC(CO)(NC(=O)C(OC)[C@H](N)C(C)SCC)C(O)O. The molecule has 8 nitrogen and oxygen atoms in total. The molecule has 1 amide bonds. The molecule has 22 heavy (non-hydrogen) atoms. The molecule has 0 aliphatic carbocycles. The lowest BCUT2D eigenvalue weighted by Crippen LogP contribution is -2.65. The molecule has 0 fully saturated rings. The Hall–Kier alpha value is -0.420. The second-order valence-electron chi connectivity index (χ2n) is 4.74. The second kappa shape index (κ2) is 10.4. The number of hydrogen-bond donors (Lipinski definition) is 5. The highest BCUT2D eigenvalue weighted by atomic mass is 32.2. The third-order valence-electron chi connectivity index (χ3n) is 3.22. The van der Waals surface area contributed by atoms with Gasteiger partial charge in [-0.15, -0.1) is 0 Å². The Bertz CT molecular complexity index is 334. The summed E-state index contributed by atoms with van der Waals surface area (Å²) >= 11 is 1.58. The summed E-state index contributed by atoms with van der Waals surface area (Å²) in [5.74, 6) is 0.149. The number of aliphatic hydroxyl groups excluding tert-OH is 2. The van der Waals surface area contributed by atoms with Crippen molar-refractivity contribution in [3.8, 4) is 0 Å². The van der Waals surface area contributed by atoms with Crippen molar-refractivity contribution in [2.45, 2.75) is 50.2 Å². The fourth-order valence-corrected chi connectivity index (χ4v) is 2.83. The Morgan fingerprint density at radius 3 is 2.36 bits per heavy atom. The summed E-state index contributed by atoms with van der Waals surface area (Å²) < 4.78 is 10.2. The molecule has 0 heterocycles. The maximum absolute atomic E-state index is 12.3. The number of nitrogens with two attached hydrogens (primary N) is 1. The number of amides is 1. The molecule has 0 aromatic carbocycles. The Labute approximate surface area is 135 Å². The van der Waals surface area contributed by atoms with Crippen LogP contribution in [0.5, 0.6) is 0 Å². The Morgan fingerprint density at radius 2 is 2.00 bits per heavy atom. The van der Waals surface area contributed by atoms with Gasteiger partial charge in [-0.3, -0.25) is 4.79 Å². The fourth-order valence-electron chi connectivity index (χ4n) is 1.94. The van der Waals surface area contributed by atoms with Crippen LogP contribution in [0.4, 0.5) is 0 Å². The lowest BCUT2D eigenvalue weighted by atomic mass is 10.1. The van der Waals surface area contributed by atoms with Gasteiger partial charge >= 0.3 is 0 Å². The van der Waals surface area contributed by atoms with Gasteiger partial charge in [-0.25, -0.2) is 0 Å². The standard InChI is InChI=1S/C13H28N2O6S/c1-5-21-13(7-16,12(18)19)15-11(17)10(20-4)9(14)8(3)22-6-2/h8-10,12,16,18-19H,5-7,14H2,1-4H3,(H,15,17)/t8?,9-,10?,13?/m1/s1. The van der Waals surface area contributed by atoms with Crippen LogP contribution in [0.25, 0.3) is 0 Å². The summed E-state index contributed by atoms with van der Waals surface area (Å²) in [6.07, 6.45) is -3.11. The number of methoxy groups -OCH3 is 1. The quantitative estimate of drug-likeness (QED) is 0.291. The minimum absolute atomic E-state index is 0.0460. The van der Waals surface area contributed by atoms with Gasteiger partial charge in [0.05, 0.1) is 12.6 Å². The molecule has 0 saturated carbocycles. The Kier molecular flexibility index (Phi) is 10.2. The van der Waals surface area contributed by atoms with E-state index in [0.717, 1.165) is 5.75 Å². The molecule has 0 aromatic heterocycles. The van der Waals surface area contributed by atoms with Crippen LogP contribution in [0.2, 0.25) is 0 Å². The molecule has 3 unspecified atom stereocenters. The first-order valence-corrected chi connectivity index (χ1v) is 8.17. The summed E-state index contributed by atoms with van der Waals surface area (Å²) in [7, 11) is 1.34. The molecule has 9 heteroatoms. The lowest BCUT2D eigenvalue weighted by Gasteiger charge is -2.36. The zero-order valence-electron chi connectivity index (χ0n) is 13.5. The molecular formula is C13H28N2O6S. The highest BCUT2D eigenvalue weighted by molar-refractivity contribution is 7.99. The minimum atomic E-state index is -2.10. The van der Waals surface area contributed by atoms with Crippen LogP contribution in [0.3, 0.4) is 0 Å². The van der Waals surface area contributed by atoms with Crippen molar-refractivity contribution in [2.24, 2.45) is 5.73 Å². The van der Waals surface area contributed by atoms with E-state index in [-0.39, 0.29) is 11.9 Å². The van der Waals surface area contributed by atoms with Crippen molar-refractivity contribution in [3.63, 3.8) is 0 Å². The first-order chi connectivity index (χ1) is 10.3. The topological polar surface area (TPSA) is 134 Å². The molecule has 0 aromatic rings. The van der Waals surface area contributed by atoms with E-state index in [1.165, 1.54) is 7.11 Å². The third kappa shape index (κ3) is 5.65. The van der Waals surface area contributed by atoms with Crippen molar-refractivity contribution in [1.82, 2.24) is 5.32 Å². The molecule has 0 aliphatic heterocycles. The summed E-state index contributed by atoms with van der Waals surface area (Å²) in [5, 5.41) is 30.4. The van der Waals surface area contributed by atoms with E-state index in [1.807, 2.05) is 13.8 Å². The maximum Gasteiger partial charge on any atom is 0.253 e. The highest BCUT2D eigenvalue weighted by Crippen LogP contribution is 2.18. The van der Waals surface area contributed by atoms with Crippen LogP contribution >= 0.6 is 11.8 Å². The van der Waals surface area contributed by atoms with Crippen LogP contribution < -0.4 is 11.1 Å². The number of carbonyl (C=O) groups excluding carboxylic acids is 1. The van der Waals surface area contributed by atoms with Crippen LogP contribution in [0, 0.1) is 0 Å². The monoisotopic (exact) mass is 340 g/mol. The van der Waals surface area contributed by atoms with Gasteiger partial charge in [-0.05, 0) is 12.7 Å². The molecule has 0 aliphatic rings. The molecular weight excluding hydrogens is 312 g/mol. The van der Waals surface area contributed by atoms with Gasteiger partial charge in [0.2, 0.25) is 12.0 Å². The van der Waals surface area contributed by atoms with Crippen molar-refractivity contribution < 1.29 is 29.6 Å². The number of carbonyl (C=O) groups is 1. The fraction of sp³-hybridized carbons (Fsp3) is 0.923. The van der Waals surface area contributed by atoms with E-state index in [0.29, 0.717) is 0 Å². The number of nitrogens with one attached hydrogen (secondary N) is 1. The average Bonchev–Trinajstić information content (AvgIpc) is 2.47. The van der Waals surface area contributed by atoms with E-state index in [2.05, 4.69) is 5.32 Å². The van der Waals surface area contributed by atoms with E-state index < -0.39 is 36.7 Å². The normalized spacial score (nSPS) is 18.6. The van der Waals surface area contributed by atoms with Gasteiger partial charge in [0.1, 0.15) is 0 Å². The predicted molar refractivity (Wildman–Crippen MR) is 84.2 cm³/mol. The number of rotatable bonds is 11. The van der Waals surface area contributed by atoms with E-state index in [9.17, 15) is 20.1 Å². The van der Waals surface area contributed by atoms with Crippen molar-refractivity contribution in [3.05, 3.63) is 0 Å². The Morgan fingerprint density at radius 1 is 1.41 bits per heavy atom. The largest absolute Gasteiger partial charge is 0.391 e. The number of ether oxygens (including phenoxy) is 2. The molecule has 0 bridgehead atoms. The van der Waals surface area contributed by atoms with Crippen LogP contribution in [-0.2, 0) is 14.3 Å². The minimum Gasteiger partial charge on any atom is -0.391 e. The average molecular weight is 340 g/mol. The van der Waals surface area contributed by atoms with Gasteiger partial charge in [0.25, 0.3) is 5.91 Å². The molecule has 0 spiro atoms. The van der Waals surface area contributed by atoms with Crippen LogP contribution in [0.1, 0.15) is 20.8 Å². The van der Waals surface area contributed by atoms with Crippen molar-refractivity contribution in [1.29, 1.82) is 0 Å². The van der Waals surface area contributed by atoms with Gasteiger partial charge in [-0.2, -0.15) is 11.8 Å². The first-order valence-electron chi connectivity index (χ1n) is 7.12. The van der Waals surface area contributed by atoms with E-state index >= 15 is 0 Å². The predicted octanol–water partition coefficient (Wildman–Crippen LogP) is -1.38. The van der Waals surface area contributed by atoms with Gasteiger partial charge < -0.3 is 35.8 Å². The van der Waals surface area contributed by atoms with E-state index in [1.54, 1.807) is 18.7 Å². The summed E-state index contributed by atoms with van der Waals surface area (Å²) in [6, 6.07) is -0.608. The summed E-state index contributed by atoms with van der Waals surface area (Å²) in [6.45, 7) is 4.70. The molecule has 0 rings (SSSR count). The molecule has 6 N–H and O–H groups in total. The van der Waals surface area contributed by atoms with Crippen molar-refractivity contribution >= 4 is 17.7 Å². The smallest absolute Gasteiger partial charge is 0.253 e. The molecule has 0 saturated heterocycles. The van der Waals surface area contributed by atoms with Crippen molar-refractivity contribution in [2.75, 3.05) is 26.1 Å². The maximum atomic E-state index is 12.3. The zero-order chi connectivity index (χ0) is 17.3. The highest BCUT2D eigenvalue weighted by Gasteiger charge is 2.42. The number of thioether (sulfide) groups is 1. The zero-order valence-corrected chi connectivity index (χ0v) is 14.3. The lowest BCUT2D eigenvalue weighted by molar-refractivity contribution is -0.237. The first kappa shape index (κ1) is 21.6. The van der Waals surface area contributed by atoms with Crippen LogP contribution in [-0.4, -0.2) is 76.7 Å². The van der Waals surface area contributed by atoms with E-state index in [4.69, 9.17) is 15.2 Å². The van der Waals surface area contributed by atoms with Gasteiger partial charge in [0, 0.05) is 19.0 Å². The van der Waals surface area contributed by atoms with Gasteiger partial charge in [-0.1, -0.05) is 13.8 Å². The second-order valence-corrected chi connectivity index (χ2v) is 6.39. The number of hydrogen-bond acceptors (Lipinski definition) is 8. The summed E-state index contributed by atoms with van der Waals surface area (Å²) in [4.78, 5) is 12.3. The van der Waals surface area contributed by atoms with Gasteiger partial charge in [0.15, 0.2) is 6.10 Å². The molecule has 4 atom stereocenters.